The molecule has 1 aromatic rings. The molecule has 2 atom stereocenters. The Kier molecular flexibility index (Phi) is 5.27. The van der Waals surface area contributed by atoms with E-state index in [4.69, 9.17) is 4.74 Å². The lowest BCUT2D eigenvalue weighted by Gasteiger charge is -2.25. The van der Waals surface area contributed by atoms with Gasteiger partial charge in [-0.25, -0.2) is 8.42 Å². The first kappa shape index (κ1) is 16.3. The smallest absolute Gasteiger partial charge is 0.161 e. The molecule has 1 aliphatic rings. The predicted molar refractivity (Wildman–Crippen MR) is 82.2 cm³/mol. The van der Waals surface area contributed by atoms with Crippen LogP contribution in [0.15, 0.2) is 6.20 Å². The van der Waals surface area contributed by atoms with Crippen LogP contribution in [0, 0.1) is 5.92 Å². The molecule has 0 radical (unpaired) electrons. The van der Waals surface area contributed by atoms with E-state index in [1.807, 2.05) is 11.6 Å². The first-order valence-electron chi connectivity index (χ1n) is 7.55. The molecule has 0 saturated carbocycles. The van der Waals surface area contributed by atoms with E-state index in [1.165, 1.54) is 0 Å². The van der Waals surface area contributed by atoms with Gasteiger partial charge in [-0.15, -0.1) is 0 Å². The lowest BCUT2D eigenvalue weighted by Crippen LogP contribution is -2.32. The van der Waals surface area contributed by atoms with E-state index in [-0.39, 0.29) is 23.5 Å². The lowest BCUT2D eigenvalue weighted by molar-refractivity contribution is 0.343. The zero-order chi connectivity index (χ0) is 15.5. The van der Waals surface area contributed by atoms with Crippen LogP contribution in [0.1, 0.15) is 38.4 Å². The Morgan fingerprint density at radius 1 is 1.52 bits per heavy atom. The third-order valence-electron chi connectivity index (χ3n) is 4.01. The maximum Gasteiger partial charge on any atom is 0.161 e. The molecule has 21 heavy (non-hydrogen) atoms. The second kappa shape index (κ2) is 6.79. The molecular weight excluding hydrogens is 290 g/mol. The molecule has 2 unspecified atom stereocenters. The number of sulfone groups is 1. The Balaban J connectivity index is 2.34. The number of nitrogens with one attached hydrogen (secondary N) is 1. The molecule has 0 aromatic carbocycles. The number of rotatable bonds is 7. The molecule has 0 aliphatic carbocycles. The number of ether oxygens (including phenoxy) is 1. The normalized spacial score (nSPS) is 22.3. The highest BCUT2D eigenvalue weighted by molar-refractivity contribution is 7.91. The standard InChI is InChI=1S/C14H25N3O3S/c1-4-7-15-13(11-6-8-21(18,19)10-11)14-12(20-3)9-16-17(14)5-2/h9,11,13,15H,4-8,10H2,1-3H3. The Bertz CT molecular complexity index is 547. The van der Waals surface area contributed by atoms with Gasteiger partial charge in [0.2, 0.25) is 0 Å². The zero-order valence-electron chi connectivity index (χ0n) is 13.0. The monoisotopic (exact) mass is 315 g/mol. The molecule has 0 spiro atoms. The zero-order valence-corrected chi connectivity index (χ0v) is 13.8. The van der Waals surface area contributed by atoms with Gasteiger partial charge >= 0.3 is 0 Å². The van der Waals surface area contributed by atoms with E-state index in [1.54, 1.807) is 13.3 Å². The molecule has 6 nitrogen and oxygen atoms in total. The highest BCUT2D eigenvalue weighted by Crippen LogP contribution is 2.35. The molecule has 1 N–H and O–H groups in total. The summed E-state index contributed by atoms with van der Waals surface area (Å²) in [7, 11) is -1.28. The van der Waals surface area contributed by atoms with Gasteiger partial charge in [-0.1, -0.05) is 6.92 Å². The Labute approximate surface area is 126 Å². The van der Waals surface area contributed by atoms with Crippen molar-refractivity contribution in [3.63, 3.8) is 0 Å². The molecule has 2 rings (SSSR count). The van der Waals surface area contributed by atoms with Gasteiger partial charge in [-0.05, 0) is 32.2 Å². The molecule has 1 saturated heterocycles. The van der Waals surface area contributed by atoms with E-state index in [0.29, 0.717) is 6.42 Å². The van der Waals surface area contributed by atoms with E-state index in [2.05, 4.69) is 17.3 Å². The molecule has 120 valence electrons. The molecule has 0 bridgehead atoms. The Hall–Kier alpha value is -1.08. The summed E-state index contributed by atoms with van der Waals surface area (Å²) in [4.78, 5) is 0. The number of aromatic nitrogens is 2. The van der Waals surface area contributed by atoms with Crippen LogP contribution in [0.2, 0.25) is 0 Å². The molecule has 1 fully saturated rings. The average Bonchev–Trinajstić information content (AvgIpc) is 3.02. The summed E-state index contributed by atoms with van der Waals surface area (Å²) in [5, 5.41) is 7.84. The van der Waals surface area contributed by atoms with Gasteiger partial charge < -0.3 is 10.1 Å². The van der Waals surface area contributed by atoms with E-state index >= 15 is 0 Å². The van der Waals surface area contributed by atoms with E-state index < -0.39 is 9.84 Å². The molecule has 7 heteroatoms. The van der Waals surface area contributed by atoms with E-state index in [0.717, 1.165) is 31.0 Å². The summed E-state index contributed by atoms with van der Waals surface area (Å²) in [5.74, 6) is 1.34. The summed E-state index contributed by atoms with van der Waals surface area (Å²) in [6.45, 7) is 5.71. The van der Waals surface area contributed by atoms with Gasteiger partial charge in [-0.2, -0.15) is 5.10 Å². The number of hydrogen-bond donors (Lipinski definition) is 1. The van der Waals surface area contributed by atoms with Gasteiger partial charge in [0.15, 0.2) is 15.6 Å². The van der Waals surface area contributed by atoms with Crippen LogP contribution in [0.4, 0.5) is 0 Å². The van der Waals surface area contributed by atoms with Crippen molar-refractivity contribution < 1.29 is 13.2 Å². The summed E-state index contributed by atoms with van der Waals surface area (Å²) in [6.07, 6.45) is 3.41. The fraction of sp³-hybridized carbons (Fsp3) is 0.786. The van der Waals surface area contributed by atoms with Crippen molar-refractivity contribution >= 4 is 9.84 Å². The van der Waals surface area contributed by atoms with Gasteiger partial charge in [0.1, 0.15) is 0 Å². The molecule has 1 aliphatic heterocycles. The van der Waals surface area contributed by atoms with E-state index in [9.17, 15) is 8.42 Å². The third kappa shape index (κ3) is 3.58. The number of methoxy groups -OCH3 is 1. The first-order chi connectivity index (χ1) is 10.0. The minimum Gasteiger partial charge on any atom is -0.493 e. The molecular formula is C14H25N3O3S. The number of nitrogens with zero attached hydrogens (tertiary/aromatic N) is 2. The number of aryl methyl sites for hydroxylation is 1. The van der Waals surface area contributed by atoms with Gasteiger partial charge in [0, 0.05) is 6.54 Å². The average molecular weight is 315 g/mol. The summed E-state index contributed by atoms with van der Waals surface area (Å²) >= 11 is 0. The van der Waals surface area contributed by atoms with Crippen LogP contribution in [0.25, 0.3) is 0 Å². The first-order valence-corrected chi connectivity index (χ1v) is 9.38. The maximum atomic E-state index is 11.8. The van der Waals surface area contributed by atoms with Crippen molar-refractivity contribution in [1.82, 2.24) is 15.1 Å². The van der Waals surface area contributed by atoms with Gasteiger partial charge in [0.25, 0.3) is 0 Å². The van der Waals surface area contributed by atoms with Crippen molar-refractivity contribution in [2.24, 2.45) is 5.92 Å². The van der Waals surface area contributed by atoms with Crippen molar-refractivity contribution in [3.8, 4) is 5.75 Å². The molecule has 1 aromatic heterocycles. The molecule has 2 heterocycles. The van der Waals surface area contributed by atoms with Crippen LogP contribution < -0.4 is 10.1 Å². The maximum absolute atomic E-state index is 11.8. The Morgan fingerprint density at radius 3 is 2.81 bits per heavy atom. The second-order valence-corrected chi connectivity index (χ2v) is 7.74. The SMILES string of the molecule is CCCNC(c1c(OC)cnn1CC)C1CCS(=O)(=O)C1. The fourth-order valence-corrected chi connectivity index (χ4v) is 4.81. The fourth-order valence-electron chi connectivity index (χ4n) is 2.97. The summed E-state index contributed by atoms with van der Waals surface area (Å²) in [6, 6.07) is -0.0281. The van der Waals surface area contributed by atoms with Crippen molar-refractivity contribution in [3.05, 3.63) is 11.9 Å². The lowest BCUT2D eigenvalue weighted by atomic mass is 9.95. The third-order valence-corrected chi connectivity index (χ3v) is 5.81. The molecule has 0 amide bonds. The minimum absolute atomic E-state index is 0.0281. The topological polar surface area (TPSA) is 73.2 Å². The minimum atomic E-state index is -2.91. The highest BCUT2D eigenvalue weighted by Gasteiger charge is 2.37. The predicted octanol–water partition coefficient (Wildman–Crippen LogP) is 1.39. The van der Waals surface area contributed by atoms with Crippen LogP contribution in [0.3, 0.4) is 0 Å². The highest BCUT2D eigenvalue weighted by atomic mass is 32.2. The van der Waals surface area contributed by atoms with Crippen molar-refractivity contribution in [2.75, 3.05) is 25.2 Å². The van der Waals surface area contributed by atoms with Crippen molar-refractivity contribution in [2.45, 2.75) is 39.3 Å². The van der Waals surface area contributed by atoms with Gasteiger partial charge in [-0.3, -0.25) is 4.68 Å². The van der Waals surface area contributed by atoms with Crippen LogP contribution in [0.5, 0.6) is 5.75 Å². The largest absolute Gasteiger partial charge is 0.493 e. The Morgan fingerprint density at radius 2 is 2.29 bits per heavy atom. The van der Waals surface area contributed by atoms with Gasteiger partial charge in [0.05, 0.1) is 36.5 Å². The summed E-state index contributed by atoms with van der Waals surface area (Å²) in [5.41, 5.74) is 0.968. The van der Waals surface area contributed by atoms with Crippen molar-refractivity contribution in [1.29, 1.82) is 0 Å². The second-order valence-electron chi connectivity index (χ2n) is 5.51. The van der Waals surface area contributed by atoms with Crippen LogP contribution in [-0.2, 0) is 16.4 Å². The van der Waals surface area contributed by atoms with Crippen LogP contribution in [-0.4, -0.2) is 43.4 Å². The quantitative estimate of drug-likeness (QED) is 0.823. The summed E-state index contributed by atoms with van der Waals surface area (Å²) < 4.78 is 31.0. The number of hydrogen-bond acceptors (Lipinski definition) is 5. The van der Waals surface area contributed by atoms with Crippen LogP contribution >= 0.6 is 0 Å².